The summed E-state index contributed by atoms with van der Waals surface area (Å²) in [5.41, 5.74) is 0. The maximum Gasteiger partial charge on any atom is 0.158 e. The summed E-state index contributed by atoms with van der Waals surface area (Å²) < 4.78 is 11.1. The lowest BCUT2D eigenvalue weighted by Crippen LogP contribution is -2.34. The number of hydrogen-bond donors (Lipinski definition) is 0. The van der Waals surface area contributed by atoms with Gasteiger partial charge < -0.3 is 14.4 Å². The van der Waals surface area contributed by atoms with Crippen LogP contribution >= 0.6 is 0 Å². The zero-order valence-electron chi connectivity index (χ0n) is 11.2. The van der Waals surface area contributed by atoms with Crippen LogP contribution in [0.1, 0.15) is 40.0 Å². The Hall–Kier alpha value is -0.120. The molecule has 1 unspecified atom stereocenters. The van der Waals surface area contributed by atoms with Gasteiger partial charge in [-0.2, -0.15) is 0 Å². The highest BCUT2D eigenvalue weighted by Crippen LogP contribution is 2.34. The van der Waals surface area contributed by atoms with E-state index in [0.29, 0.717) is 6.04 Å². The van der Waals surface area contributed by atoms with Gasteiger partial charge in [-0.15, -0.1) is 0 Å². The second kappa shape index (κ2) is 7.25. The van der Waals surface area contributed by atoms with Gasteiger partial charge in [0.25, 0.3) is 0 Å². The molecule has 0 aromatic rings. The van der Waals surface area contributed by atoms with Crippen molar-refractivity contribution in [3.63, 3.8) is 0 Å². The van der Waals surface area contributed by atoms with Crippen LogP contribution in [0.15, 0.2) is 0 Å². The molecule has 0 N–H and O–H groups in total. The van der Waals surface area contributed by atoms with E-state index in [-0.39, 0.29) is 6.29 Å². The molecule has 0 aliphatic heterocycles. The lowest BCUT2D eigenvalue weighted by atomic mass is 10.2. The van der Waals surface area contributed by atoms with E-state index in [0.717, 1.165) is 32.1 Å². The lowest BCUT2D eigenvalue weighted by Gasteiger charge is -2.26. The van der Waals surface area contributed by atoms with Crippen LogP contribution in [0.4, 0.5) is 0 Å². The normalized spacial score (nSPS) is 18.4. The summed E-state index contributed by atoms with van der Waals surface area (Å²) in [5, 5.41) is 0. The Kier molecular flexibility index (Phi) is 6.32. The minimum absolute atomic E-state index is 0.0242. The fourth-order valence-corrected chi connectivity index (χ4v) is 2.04. The average molecular weight is 229 g/mol. The summed E-state index contributed by atoms with van der Waals surface area (Å²) >= 11 is 0. The molecule has 1 aliphatic rings. The first kappa shape index (κ1) is 13.9. The third-order valence-electron chi connectivity index (χ3n) is 3.42. The van der Waals surface area contributed by atoms with E-state index < -0.39 is 0 Å². The predicted molar refractivity (Wildman–Crippen MR) is 66.5 cm³/mol. The summed E-state index contributed by atoms with van der Waals surface area (Å²) in [7, 11) is 2.21. The Morgan fingerprint density at radius 1 is 1.19 bits per heavy atom. The summed E-state index contributed by atoms with van der Waals surface area (Å²) in [6.07, 6.45) is 3.76. The Labute approximate surface area is 100 Å². The second-order valence-electron chi connectivity index (χ2n) is 4.69. The van der Waals surface area contributed by atoms with Crippen LogP contribution in [0.25, 0.3) is 0 Å². The molecule has 0 amide bonds. The van der Waals surface area contributed by atoms with Gasteiger partial charge in [-0.25, -0.2) is 0 Å². The number of ether oxygens (including phenoxy) is 2. The minimum atomic E-state index is -0.0242. The van der Waals surface area contributed by atoms with Gasteiger partial charge in [0.05, 0.1) is 0 Å². The van der Waals surface area contributed by atoms with Crippen molar-refractivity contribution in [1.29, 1.82) is 0 Å². The van der Waals surface area contributed by atoms with Crippen LogP contribution in [0.2, 0.25) is 0 Å². The summed E-state index contributed by atoms with van der Waals surface area (Å²) in [5.74, 6) is 0.933. The Bertz CT molecular complexity index is 175. The third kappa shape index (κ3) is 4.81. The van der Waals surface area contributed by atoms with Crippen molar-refractivity contribution in [3.8, 4) is 0 Å². The molecule has 0 spiro atoms. The van der Waals surface area contributed by atoms with Gasteiger partial charge in [0, 0.05) is 32.2 Å². The molecule has 0 aromatic carbocycles. The molecule has 1 fully saturated rings. The van der Waals surface area contributed by atoms with Crippen molar-refractivity contribution < 1.29 is 9.47 Å². The van der Waals surface area contributed by atoms with Gasteiger partial charge >= 0.3 is 0 Å². The molecule has 0 saturated heterocycles. The smallest absolute Gasteiger partial charge is 0.158 e. The molecule has 1 aliphatic carbocycles. The molecule has 16 heavy (non-hydrogen) atoms. The van der Waals surface area contributed by atoms with Crippen LogP contribution in [0.3, 0.4) is 0 Å². The Morgan fingerprint density at radius 3 is 2.19 bits per heavy atom. The topological polar surface area (TPSA) is 21.7 Å². The monoisotopic (exact) mass is 229 g/mol. The van der Waals surface area contributed by atoms with Crippen LogP contribution < -0.4 is 0 Å². The molecule has 1 saturated carbocycles. The molecule has 1 atom stereocenters. The summed E-state index contributed by atoms with van der Waals surface area (Å²) in [4.78, 5) is 2.43. The van der Waals surface area contributed by atoms with E-state index in [4.69, 9.17) is 9.47 Å². The fraction of sp³-hybridized carbons (Fsp3) is 1.00. The van der Waals surface area contributed by atoms with Crippen LogP contribution in [0.5, 0.6) is 0 Å². The van der Waals surface area contributed by atoms with Crippen LogP contribution in [-0.4, -0.2) is 44.0 Å². The first-order valence-corrected chi connectivity index (χ1v) is 6.62. The van der Waals surface area contributed by atoms with E-state index in [1.165, 1.54) is 12.8 Å². The predicted octanol–water partition coefficient (Wildman–Crippen LogP) is 2.51. The van der Waals surface area contributed by atoms with Crippen LogP contribution in [-0.2, 0) is 9.47 Å². The van der Waals surface area contributed by atoms with Gasteiger partial charge in [0.1, 0.15) is 0 Å². The van der Waals surface area contributed by atoms with Gasteiger partial charge in [0.2, 0.25) is 0 Å². The maximum absolute atomic E-state index is 5.54. The summed E-state index contributed by atoms with van der Waals surface area (Å²) in [6, 6.07) is 0.712. The summed E-state index contributed by atoms with van der Waals surface area (Å²) in [6.45, 7) is 8.88. The standard InChI is InChI=1S/C13H27NO2/c1-5-15-13(16-6-2)9-10-14(4)11(3)12-7-8-12/h11-13H,5-10H2,1-4H3. The van der Waals surface area contributed by atoms with E-state index in [1.807, 2.05) is 13.8 Å². The largest absolute Gasteiger partial charge is 0.353 e. The molecular formula is C13H27NO2. The molecule has 0 radical (unpaired) electrons. The average Bonchev–Trinajstić information content (AvgIpc) is 3.09. The lowest BCUT2D eigenvalue weighted by molar-refractivity contribution is -0.141. The first-order valence-electron chi connectivity index (χ1n) is 6.62. The second-order valence-corrected chi connectivity index (χ2v) is 4.69. The molecule has 1 rings (SSSR count). The van der Waals surface area contributed by atoms with E-state index in [2.05, 4.69) is 18.9 Å². The highest BCUT2D eigenvalue weighted by Gasteiger charge is 2.30. The highest BCUT2D eigenvalue weighted by atomic mass is 16.7. The van der Waals surface area contributed by atoms with Crippen molar-refractivity contribution in [2.45, 2.75) is 52.4 Å². The molecule has 0 heterocycles. The van der Waals surface area contributed by atoms with Crippen LogP contribution in [0, 0.1) is 5.92 Å². The van der Waals surface area contributed by atoms with Crippen molar-refractivity contribution in [3.05, 3.63) is 0 Å². The molecule has 96 valence electrons. The SMILES string of the molecule is CCOC(CCN(C)C(C)C1CC1)OCC. The van der Waals surface area contributed by atoms with Gasteiger partial charge in [-0.05, 0) is 46.6 Å². The van der Waals surface area contributed by atoms with Crippen molar-refractivity contribution in [1.82, 2.24) is 4.90 Å². The Morgan fingerprint density at radius 2 is 1.75 bits per heavy atom. The number of hydrogen-bond acceptors (Lipinski definition) is 3. The highest BCUT2D eigenvalue weighted by molar-refractivity contribution is 4.84. The van der Waals surface area contributed by atoms with E-state index >= 15 is 0 Å². The first-order chi connectivity index (χ1) is 7.69. The van der Waals surface area contributed by atoms with Crippen molar-refractivity contribution in [2.75, 3.05) is 26.8 Å². The minimum Gasteiger partial charge on any atom is -0.353 e. The van der Waals surface area contributed by atoms with Gasteiger partial charge in [-0.1, -0.05) is 0 Å². The third-order valence-corrected chi connectivity index (χ3v) is 3.42. The number of nitrogens with zero attached hydrogens (tertiary/aromatic N) is 1. The quantitative estimate of drug-likeness (QED) is 0.567. The molecule has 3 nitrogen and oxygen atoms in total. The molecule has 0 bridgehead atoms. The molecule has 0 aromatic heterocycles. The van der Waals surface area contributed by atoms with E-state index in [9.17, 15) is 0 Å². The molecular weight excluding hydrogens is 202 g/mol. The Balaban J connectivity index is 2.18. The number of rotatable bonds is 9. The van der Waals surface area contributed by atoms with Gasteiger partial charge in [-0.3, -0.25) is 0 Å². The van der Waals surface area contributed by atoms with Crippen molar-refractivity contribution >= 4 is 0 Å². The maximum atomic E-state index is 5.54. The van der Waals surface area contributed by atoms with E-state index in [1.54, 1.807) is 0 Å². The molecule has 3 heteroatoms. The van der Waals surface area contributed by atoms with Gasteiger partial charge in [0.15, 0.2) is 6.29 Å². The zero-order valence-corrected chi connectivity index (χ0v) is 11.2. The van der Waals surface area contributed by atoms with Crippen molar-refractivity contribution in [2.24, 2.45) is 5.92 Å². The zero-order chi connectivity index (χ0) is 12.0. The fourth-order valence-electron chi connectivity index (χ4n) is 2.04.